The maximum absolute atomic E-state index is 11.9. The highest BCUT2D eigenvalue weighted by atomic mass is 35.5. The maximum Gasteiger partial charge on any atom is 0.287 e. The highest BCUT2D eigenvalue weighted by molar-refractivity contribution is 6.31. The Morgan fingerprint density at radius 1 is 1.42 bits per heavy atom. The normalized spacial score (nSPS) is 12.9. The smallest absolute Gasteiger partial charge is 0.287 e. The van der Waals surface area contributed by atoms with Crippen LogP contribution in [0.15, 0.2) is 28.7 Å². The lowest BCUT2D eigenvalue weighted by Gasteiger charge is -2.14. The summed E-state index contributed by atoms with van der Waals surface area (Å²) < 4.78 is 5.43. The fraction of sp³-hybridized carbons (Fsp3) is 0.357. The van der Waals surface area contributed by atoms with Crippen LogP contribution < -0.4 is 5.32 Å². The van der Waals surface area contributed by atoms with Gasteiger partial charge in [-0.05, 0) is 30.2 Å². The second-order valence-electron chi connectivity index (χ2n) is 4.81. The van der Waals surface area contributed by atoms with Crippen LogP contribution in [-0.4, -0.2) is 23.7 Å². The minimum atomic E-state index is -0.567. The van der Waals surface area contributed by atoms with Crippen LogP contribution in [0.5, 0.6) is 0 Å². The molecule has 0 bridgehead atoms. The molecule has 102 valence electrons. The van der Waals surface area contributed by atoms with Gasteiger partial charge in [0, 0.05) is 17.0 Å². The first-order chi connectivity index (χ1) is 8.97. The van der Waals surface area contributed by atoms with E-state index in [9.17, 15) is 9.90 Å². The topological polar surface area (TPSA) is 62.5 Å². The van der Waals surface area contributed by atoms with Crippen LogP contribution in [0.1, 0.15) is 24.4 Å². The average molecular weight is 282 g/mol. The zero-order valence-corrected chi connectivity index (χ0v) is 11.6. The van der Waals surface area contributed by atoms with Crippen molar-refractivity contribution in [3.63, 3.8) is 0 Å². The number of fused-ring (bicyclic) bond motifs is 1. The molecule has 0 aliphatic carbocycles. The molecule has 1 amide bonds. The summed E-state index contributed by atoms with van der Waals surface area (Å²) in [6, 6.07) is 6.80. The first-order valence-corrected chi connectivity index (χ1v) is 6.50. The van der Waals surface area contributed by atoms with Crippen molar-refractivity contribution >= 4 is 28.5 Å². The van der Waals surface area contributed by atoms with Crippen molar-refractivity contribution in [3.05, 3.63) is 35.0 Å². The molecule has 0 aliphatic rings. The highest BCUT2D eigenvalue weighted by Crippen LogP contribution is 2.22. The summed E-state index contributed by atoms with van der Waals surface area (Å²) in [5, 5.41) is 13.6. The van der Waals surface area contributed by atoms with Crippen molar-refractivity contribution in [2.24, 2.45) is 5.92 Å². The molecule has 1 heterocycles. The van der Waals surface area contributed by atoms with E-state index in [2.05, 4.69) is 5.32 Å². The molecule has 0 aliphatic heterocycles. The number of nitrogens with one attached hydrogen (secondary N) is 1. The number of carbonyl (C=O) groups is 1. The van der Waals surface area contributed by atoms with Gasteiger partial charge >= 0.3 is 0 Å². The number of amides is 1. The molecule has 19 heavy (non-hydrogen) atoms. The van der Waals surface area contributed by atoms with E-state index in [-0.39, 0.29) is 24.1 Å². The minimum Gasteiger partial charge on any atom is -0.451 e. The average Bonchev–Trinajstić information content (AvgIpc) is 2.78. The van der Waals surface area contributed by atoms with E-state index in [0.29, 0.717) is 10.6 Å². The van der Waals surface area contributed by atoms with Gasteiger partial charge in [-0.25, -0.2) is 0 Å². The first-order valence-electron chi connectivity index (χ1n) is 6.12. The third-order valence-corrected chi connectivity index (χ3v) is 3.18. The number of aliphatic hydroxyl groups excluding tert-OH is 1. The third kappa shape index (κ3) is 3.28. The highest BCUT2D eigenvalue weighted by Gasteiger charge is 2.15. The standard InChI is InChI=1S/C14H16ClNO3/c1-8(2)11(17)7-16-14(18)13-6-9-5-10(15)3-4-12(9)19-13/h3-6,8,11,17H,7H2,1-2H3,(H,16,18). The van der Waals surface area contributed by atoms with Gasteiger partial charge in [0.05, 0.1) is 6.10 Å². The van der Waals surface area contributed by atoms with E-state index in [1.54, 1.807) is 24.3 Å². The number of rotatable bonds is 4. The van der Waals surface area contributed by atoms with Gasteiger partial charge in [0.1, 0.15) is 5.58 Å². The number of carbonyl (C=O) groups excluding carboxylic acids is 1. The summed E-state index contributed by atoms with van der Waals surface area (Å²) in [5.74, 6) is -0.0324. The molecule has 0 saturated carbocycles. The molecule has 2 aromatic rings. The summed E-state index contributed by atoms with van der Waals surface area (Å²) in [5.41, 5.74) is 0.610. The monoisotopic (exact) mass is 281 g/mol. The largest absolute Gasteiger partial charge is 0.451 e. The summed E-state index contributed by atoms with van der Waals surface area (Å²) in [7, 11) is 0. The minimum absolute atomic E-state index is 0.0924. The molecule has 0 spiro atoms. The number of hydrogen-bond donors (Lipinski definition) is 2. The molecule has 0 radical (unpaired) electrons. The molecule has 4 nitrogen and oxygen atoms in total. The first kappa shape index (κ1) is 13.9. The summed E-state index contributed by atoms with van der Waals surface area (Å²) in [6.07, 6.45) is -0.567. The van der Waals surface area contributed by atoms with Gasteiger partial charge in [0.15, 0.2) is 5.76 Å². The van der Waals surface area contributed by atoms with Crippen LogP contribution in [-0.2, 0) is 0 Å². The summed E-state index contributed by atoms with van der Waals surface area (Å²) >= 11 is 5.87. The Kier molecular flexibility index (Phi) is 4.12. The van der Waals surface area contributed by atoms with Gasteiger partial charge in [0.2, 0.25) is 0 Å². The van der Waals surface area contributed by atoms with Gasteiger partial charge in [-0.3, -0.25) is 4.79 Å². The number of aliphatic hydroxyl groups is 1. The Balaban J connectivity index is 2.09. The number of halogens is 1. The Hall–Kier alpha value is -1.52. The van der Waals surface area contributed by atoms with Crippen molar-refractivity contribution in [1.29, 1.82) is 0 Å². The maximum atomic E-state index is 11.9. The second-order valence-corrected chi connectivity index (χ2v) is 5.25. The van der Waals surface area contributed by atoms with Crippen molar-refractivity contribution in [1.82, 2.24) is 5.32 Å². The Labute approximate surface area is 116 Å². The number of benzene rings is 1. The van der Waals surface area contributed by atoms with Crippen LogP contribution in [0, 0.1) is 5.92 Å². The molecule has 2 N–H and O–H groups in total. The van der Waals surface area contributed by atoms with Gasteiger partial charge in [-0.15, -0.1) is 0 Å². The fourth-order valence-corrected chi connectivity index (χ4v) is 1.83. The number of furan rings is 1. The molecule has 2 rings (SSSR count). The lowest BCUT2D eigenvalue weighted by atomic mass is 10.1. The van der Waals surface area contributed by atoms with Gasteiger partial charge in [-0.2, -0.15) is 0 Å². The predicted octanol–water partition coefficient (Wildman–Crippen LogP) is 2.83. The molecule has 0 saturated heterocycles. The van der Waals surface area contributed by atoms with Crippen molar-refractivity contribution in [2.45, 2.75) is 20.0 Å². The van der Waals surface area contributed by atoms with E-state index < -0.39 is 6.10 Å². The predicted molar refractivity (Wildman–Crippen MR) is 74.4 cm³/mol. The molecule has 1 aromatic carbocycles. The van der Waals surface area contributed by atoms with Crippen molar-refractivity contribution in [2.75, 3.05) is 6.54 Å². The molecular formula is C14H16ClNO3. The van der Waals surface area contributed by atoms with Crippen molar-refractivity contribution < 1.29 is 14.3 Å². The fourth-order valence-electron chi connectivity index (χ4n) is 1.65. The lowest BCUT2D eigenvalue weighted by Crippen LogP contribution is -2.34. The molecule has 0 fully saturated rings. The zero-order valence-electron chi connectivity index (χ0n) is 10.8. The van der Waals surface area contributed by atoms with E-state index >= 15 is 0 Å². The van der Waals surface area contributed by atoms with Gasteiger partial charge in [0.25, 0.3) is 5.91 Å². The molecule has 1 atom stereocenters. The quantitative estimate of drug-likeness (QED) is 0.906. The van der Waals surface area contributed by atoms with Gasteiger partial charge < -0.3 is 14.8 Å². The van der Waals surface area contributed by atoms with Crippen molar-refractivity contribution in [3.8, 4) is 0 Å². The Morgan fingerprint density at radius 2 is 2.16 bits per heavy atom. The lowest BCUT2D eigenvalue weighted by molar-refractivity contribution is 0.0849. The second kappa shape index (κ2) is 5.63. The molecule has 1 unspecified atom stereocenters. The van der Waals surface area contributed by atoms with E-state index in [1.807, 2.05) is 13.8 Å². The number of hydrogen-bond acceptors (Lipinski definition) is 3. The molecule has 5 heteroatoms. The Morgan fingerprint density at radius 3 is 2.84 bits per heavy atom. The van der Waals surface area contributed by atoms with Gasteiger partial charge in [-0.1, -0.05) is 25.4 Å². The van der Waals surface area contributed by atoms with E-state index in [4.69, 9.17) is 16.0 Å². The van der Waals surface area contributed by atoms with Crippen LogP contribution in [0.4, 0.5) is 0 Å². The third-order valence-electron chi connectivity index (χ3n) is 2.94. The van der Waals surface area contributed by atoms with E-state index in [0.717, 1.165) is 5.39 Å². The van der Waals surface area contributed by atoms with Crippen LogP contribution in [0.2, 0.25) is 5.02 Å². The van der Waals surface area contributed by atoms with Crippen LogP contribution in [0.3, 0.4) is 0 Å². The molecular weight excluding hydrogens is 266 g/mol. The SMILES string of the molecule is CC(C)C(O)CNC(=O)c1cc2cc(Cl)ccc2o1. The van der Waals surface area contributed by atoms with Crippen LogP contribution in [0.25, 0.3) is 11.0 Å². The molecule has 1 aromatic heterocycles. The summed E-state index contributed by atoms with van der Waals surface area (Å²) in [4.78, 5) is 11.9. The Bertz CT molecular complexity index is 591. The zero-order chi connectivity index (χ0) is 14.0. The summed E-state index contributed by atoms with van der Waals surface area (Å²) in [6.45, 7) is 3.98. The van der Waals surface area contributed by atoms with E-state index in [1.165, 1.54) is 0 Å². The van der Waals surface area contributed by atoms with Crippen LogP contribution >= 0.6 is 11.6 Å².